The molecule has 0 bridgehead atoms. The summed E-state index contributed by atoms with van der Waals surface area (Å²) in [6.07, 6.45) is 0.349. The monoisotopic (exact) mass is 202 g/mol. The van der Waals surface area contributed by atoms with Crippen molar-refractivity contribution in [1.82, 2.24) is 0 Å². The number of rotatable bonds is 5. The van der Waals surface area contributed by atoms with Gasteiger partial charge < -0.3 is 10.8 Å². The predicted octanol–water partition coefficient (Wildman–Crippen LogP) is 1.12. The van der Waals surface area contributed by atoms with E-state index in [1.165, 1.54) is 0 Å². The predicted molar refractivity (Wildman–Crippen MR) is 56.4 cm³/mol. The first kappa shape index (κ1) is 12.8. The first-order chi connectivity index (χ1) is 5.89. The molecule has 0 aromatic heterocycles. The maximum atomic E-state index is 9.19. The van der Waals surface area contributed by atoms with Gasteiger partial charge >= 0.3 is 0 Å². The molecule has 0 aliphatic carbocycles. The van der Waals surface area contributed by atoms with Gasteiger partial charge in [-0.3, -0.25) is 0 Å². The fourth-order valence-corrected chi connectivity index (χ4v) is 1.84. The minimum absolute atomic E-state index is 0.203. The fourth-order valence-electron chi connectivity index (χ4n) is 0.652. The summed E-state index contributed by atoms with van der Waals surface area (Å²) in [7, 11) is 0. The second-order valence-electron chi connectivity index (χ2n) is 3.60. The second-order valence-corrected chi connectivity index (χ2v) is 5.08. The van der Waals surface area contributed by atoms with Crippen molar-refractivity contribution in [2.75, 3.05) is 5.75 Å². The Balaban J connectivity index is 3.64. The number of nitrogens with zero attached hydrogens (tertiary/aromatic N) is 1. The van der Waals surface area contributed by atoms with Crippen LogP contribution in [0.15, 0.2) is 0 Å². The zero-order valence-corrected chi connectivity index (χ0v) is 9.27. The number of nitrogens with two attached hydrogens (primary N) is 1. The number of nitriles is 1. The van der Waals surface area contributed by atoms with Gasteiger partial charge in [-0.25, -0.2) is 0 Å². The van der Waals surface area contributed by atoms with E-state index in [0.717, 1.165) is 5.75 Å². The van der Waals surface area contributed by atoms with E-state index in [9.17, 15) is 5.11 Å². The summed E-state index contributed by atoms with van der Waals surface area (Å²) < 4.78 is 0. The molecule has 3 unspecified atom stereocenters. The lowest BCUT2D eigenvalue weighted by atomic mass is 10.0. The standard InChI is InChI=1S/C9H18N2OS/c1-7(12)8(2)13-5-4-9(3,11)6-10/h7-8,12H,4-5,11H2,1-3H3. The molecular weight excluding hydrogens is 184 g/mol. The lowest BCUT2D eigenvalue weighted by molar-refractivity contribution is 0.196. The Hall–Kier alpha value is -0.240. The van der Waals surface area contributed by atoms with E-state index in [1.54, 1.807) is 25.6 Å². The van der Waals surface area contributed by atoms with Crippen molar-refractivity contribution in [3.8, 4) is 6.07 Å². The lowest BCUT2D eigenvalue weighted by Crippen LogP contribution is -2.35. The van der Waals surface area contributed by atoms with Gasteiger partial charge in [-0.15, -0.1) is 0 Å². The molecule has 4 heteroatoms. The van der Waals surface area contributed by atoms with Gasteiger partial charge in [0.15, 0.2) is 0 Å². The Morgan fingerprint density at radius 3 is 2.54 bits per heavy atom. The third kappa shape index (κ3) is 5.92. The van der Waals surface area contributed by atoms with Crippen LogP contribution in [-0.4, -0.2) is 27.8 Å². The topological polar surface area (TPSA) is 70.0 Å². The molecule has 13 heavy (non-hydrogen) atoms. The van der Waals surface area contributed by atoms with Gasteiger partial charge in [0.1, 0.15) is 5.54 Å². The summed E-state index contributed by atoms with van der Waals surface area (Å²) in [4.78, 5) is 0. The quantitative estimate of drug-likeness (QED) is 0.701. The van der Waals surface area contributed by atoms with E-state index in [1.807, 2.05) is 13.0 Å². The third-order valence-corrected chi connectivity index (χ3v) is 3.30. The Morgan fingerprint density at radius 1 is 1.62 bits per heavy atom. The van der Waals surface area contributed by atoms with Gasteiger partial charge in [-0.05, 0) is 26.0 Å². The van der Waals surface area contributed by atoms with Crippen LogP contribution in [-0.2, 0) is 0 Å². The maximum absolute atomic E-state index is 9.19. The van der Waals surface area contributed by atoms with Crippen LogP contribution in [0.4, 0.5) is 0 Å². The molecule has 0 radical (unpaired) electrons. The molecule has 76 valence electrons. The highest BCUT2D eigenvalue weighted by Crippen LogP contribution is 2.18. The number of thioether (sulfide) groups is 1. The van der Waals surface area contributed by atoms with Crippen LogP contribution in [0.1, 0.15) is 27.2 Å². The van der Waals surface area contributed by atoms with E-state index in [-0.39, 0.29) is 11.4 Å². The maximum Gasteiger partial charge on any atom is 0.102 e. The molecular formula is C9H18N2OS. The molecule has 0 aliphatic heterocycles. The van der Waals surface area contributed by atoms with Crippen molar-refractivity contribution in [1.29, 1.82) is 5.26 Å². The first-order valence-electron chi connectivity index (χ1n) is 4.39. The number of aliphatic hydroxyl groups excluding tert-OH is 1. The van der Waals surface area contributed by atoms with Gasteiger partial charge in [0.2, 0.25) is 0 Å². The molecule has 0 spiro atoms. The Labute approximate surface area is 84.3 Å². The van der Waals surface area contributed by atoms with E-state index < -0.39 is 5.54 Å². The summed E-state index contributed by atoms with van der Waals surface area (Å²) in [5.74, 6) is 0.812. The third-order valence-electron chi connectivity index (χ3n) is 1.94. The largest absolute Gasteiger partial charge is 0.392 e. The average Bonchev–Trinajstić information content (AvgIpc) is 2.04. The van der Waals surface area contributed by atoms with Crippen LogP contribution in [0.25, 0.3) is 0 Å². The second kappa shape index (κ2) is 5.48. The minimum Gasteiger partial charge on any atom is -0.392 e. The number of aliphatic hydroxyl groups is 1. The molecule has 3 nitrogen and oxygen atoms in total. The molecule has 0 amide bonds. The van der Waals surface area contributed by atoms with Gasteiger partial charge in [-0.2, -0.15) is 17.0 Å². The van der Waals surface area contributed by atoms with E-state index in [4.69, 9.17) is 11.0 Å². The highest BCUT2D eigenvalue weighted by molar-refractivity contribution is 7.99. The normalized spacial score (nSPS) is 20.0. The summed E-state index contributed by atoms with van der Waals surface area (Å²) in [5.41, 5.74) is 4.91. The van der Waals surface area contributed by atoms with Crippen LogP contribution >= 0.6 is 11.8 Å². The van der Waals surface area contributed by atoms with E-state index in [2.05, 4.69) is 0 Å². The van der Waals surface area contributed by atoms with E-state index in [0.29, 0.717) is 6.42 Å². The summed E-state index contributed by atoms with van der Waals surface area (Å²) in [6, 6.07) is 2.05. The molecule has 3 N–H and O–H groups in total. The minimum atomic E-state index is -0.731. The van der Waals surface area contributed by atoms with Crippen LogP contribution in [0.2, 0.25) is 0 Å². The first-order valence-corrected chi connectivity index (χ1v) is 5.44. The van der Waals surface area contributed by atoms with Gasteiger partial charge in [0.25, 0.3) is 0 Å². The molecule has 0 saturated heterocycles. The average molecular weight is 202 g/mol. The summed E-state index contributed by atoms with van der Waals surface area (Å²) in [5, 5.41) is 18.0. The van der Waals surface area contributed by atoms with Crippen molar-refractivity contribution in [2.45, 2.75) is 44.1 Å². The summed E-state index contributed by atoms with van der Waals surface area (Å²) in [6.45, 7) is 5.46. The van der Waals surface area contributed by atoms with Crippen LogP contribution in [0, 0.1) is 11.3 Å². The Morgan fingerprint density at radius 2 is 2.15 bits per heavy atom. The van der Waals surface area contributed by atoms with Crippen molar-refractivity contribution >= 4 is 11.8 Å². The van der Waals surface area contributed by atoms with Crippen molar-refractivity contribution in [3.05, 3.63) is 0 Å². The highest BCUT2D eigenvalue weighted by Gasteiger charge is 2.18. The zero-order valence-electron chi connectivity index (χ0n) is 8.45. The fraction of sp³-hybridized carbons (Fsp3) is 0.889. The van der Waals surface area contributed by atoms with Gasteiger partial charge in [0, 0.05) is 5.25 Å². The molecule has 0 heterocycles. The smallest absolute Gasteiger partial charge is 0.102 e. The van der Waals surface area contributed by atoms with E-state index >= 15 is 0 Å². The number of hydrogen-bond acceptors (Lipinski definition) is 4. The molecule has 0 aromatic rings. The molecule has 0 rings (SSSR count). The SMILES string of the molecule is CC(O)C(C)SCCC(C)(N)C#N. The summed E-state index contributed by atoms with van der Waals surface area (Å²) >= 11 is 1.65. The van der Waals surface area contributed by atoms with Crippen LogP contribution < -0.4 is 5.73 Å². The molecule has 0 aliphatic rings. The highest BCUT2D eigenvalue weighted by atomic mass is 32.2. The molecule has 0 aromatic carbocycles. The van der Waals surface area contributed by atoms with Gasteiger partial charge in [-0.1, -0.05) is 6.92 Å². The Bertz CT molecular complexity index is 187. The van der Waals surface area contributed by atoms with Crippen LogP contribution in [0.3, 0.4) is 0 Å². The number of hydrogen-bond donors (Lipinski definition) is 2. The van der Waals surface area contributed by atoms with Gasteiger partial charge in [0.05, 0.1) is 12.2 Å². The van der Waals surface area contributed by atoms with Crippen molar-refractivity contribution in [3.63, 3.8) is 0 Å². The molecule has 0 saturated carbocycles. The zero-order chi connectivity index (χ0) is 10.5. The molecule has 3 atom stereocenters. The van der Waals surface area contributed by atoms with Crippen molar-refractivity contribution < 1.29 is 5.11 Å². The van der Waals surface area contributed by atoms with Crippen molar-refractivity contribution in [2.24, 2.45) is 5.73 Å². The lowest BCUT2D eigenvalue weighted by Gasteiger charge is -2.18. The van der Waals surface area contributed by atoms with Crippen LogP contribution in [0.5, 0.6) is 0 Å². The molecule has 0 fully saturated rings. The Kier molecular flexibility index (Phi) is 5.38.